The van der Waals surface area contributed by atoms with E-state index in [4.69, 9.17) is 0 Å². The Balaban J connectivity index is 1.46. The second kappa shape index (κ2) is 8.05. The zero-order valence-corrected chi connectivity index (χ0v) is 14.9. The van der Waals surface area contributed by atoms with Gasteiger partial charge in [-0.15, -0.1) is 11.3 Å². The predicted octanol–water partition coefficient (Wildman–Crippen LogP) is 2.85. The molecule has 2 saturated heterocycles. The molecule has 3 rings (SSSR count). The van der Waals surface area contributed by atoms with Gasteiger partial charge in [0.2, 0.25) is 5.91 Å². The highest BCUT2D eigenvalue weighted by atomic mass is 32.1. The predicted molar refractivity (Wildman–Crippen MR) is 91.4 cm³/mol. The van der Waals surface area contributed by atoms with Gasteiger partial charge in [-0.25, -0.2) is 0 Å². The Morgan fingerprint density at radius 2 is 2.16 bits per heavy atom. The zero-order valence-electron chi connectivity index (χ0n) is 14.1. The summed E-state index contributed by atoms with van der Waals surface area (Å²) in [4.78, 5) is 14.5. The van der Waals surface area contributed by atoms with Crippen LogP contribution in [-0.4, -0.2) is 43.0 Å². The minimum atomic E-state index is -4.26. The summed E-state index contributed by atoms with van der Waals surface area (Å²) in [5.74, 6) is 0.434. The molecule has 0 bridgehead atoms. The first-order valence-corrected chi connectivity index (χ1v) is 9.63. The fourth-order valence-electron chi connectivity index (χ4n) is 3.57. The van der Waals surface area contributed by atoms with E-state index in [0.29, 0.717) is 19.0 Å². The highest BCUT2D eigenvalue weighted by Gasteiger charge is 2.32. The summed E-state index contributed by atoms with van der Waals surface area (Å²) in [7, 11) is 0. The lowest BCUT2D eigenvalue weighted by Crippen LogP contribution is -2.45. The normalized spacial score (nSPS) is 25.2. The van der Waals surface area contributed by atoms with Gasteiger partial charge < -0.3 is 10.6 Å². The first-order chi connectivity index (χ1) is 11.9. The summed E-state index contributed by atoms with van der Waals surface area (Å²) < 4.78 is 38.1. The van der Waals surface area contributed by atoms with Crippen molar-refractivity contribution in [2.75, 3.05) is 26.2 Å². The van der Waals surface area contributed by atoms with Gasteiger partial charge in [-0.1, -0.05) is 0 Å². The second-order valence-electron chi connectivity index (χ2n) is 6.90. The Hall–Kier alpha value is -1.12. The number of likely N-dealkylation sites (tertiary alicyclic amines) is 1. The first-order valence-electron chi connectivity index (χ1n) is 8.81. The van der Waals surface area contributed by atoms with E-state index in [1.165, 1.54) is 0 Å². The van der Waals surface area contributed by atoms with Crippen molar-refractivity contribution < 1.29 is 18.0 Å². The number of amides is 1. The lowest BCUT2D eigenvalue weighted by atomic mass is 9.97. The molecule has 1 aromatic rings. The van der Waals surface area contributed by atoms with E-state index in [1.807, 2.05) is 0 Å². The molecule has 1 aromatic heterocycles. The minimum absolute atomic E-state index is 0.0633. The van der Waals surface area contributed by atoms with Crippen LogP contribution in [0.5, 0.6) is 0 Å². The van der Waals surface area contributed by atoms with E-state index in [0.717, 1.165) is 67.6 Å². The average molecular weight is 375 g/mol. The Bertz CT molecular complexity index is 584. The fourth-order valence-corrected chi connectivity index (χ4v) is 4.49. The molecule has 0 spiro atoms. The number of nitrogens with zero attached hydrogens (tertiary/aromatic N) is 1. The molecule has 2 fully saturated rings. The SMILES string of the molecule is O=C(NCC1CCCN(Cc2ccc(C(F)(F)F)s2)C1)C1CCCN1. The van der Waals surface area contributed by atoms with Crippen LogP contribution in [0.25, 0.3) is 0 Å². The average Bonchev–Trinajstić information content (AvgIpc) is 3.24. The third-order valence-corrected chi connectivity index (χ3v) is 5.98. The number of halogens is 3. The number of piperidine rings is 1. The van der Waals surface area contributed by atoms with Crippen molar-refractivity contribution in [2.24, 2.45) is 5.92 Å². The van der Waals surface area contributed by atoms with Gasteiger partial charge in [0.15, 0.2) is 0 Å². The summed E-state index contributed by atoms with van der Waals surface area (Å²) >= 11 is 0.825. The number of alkyl halides is 3. The van der Waals surface area contributed by atoms with Gasteiger partial charge in [-0.2, -0.15) is 13.2 Å². The Labute approximate surface area is 149 Å². The van der Waals surface area contributed by atoms with Crippen molar-refractivity contribution in [3.63, 3.8) is 0 Å². The van der Waals surface area contributed by atoms with Gasteiger partial charge in [0.25, 0.3) is 0 Å². The van der Waals surface area contributed by atoms with Crippen LogP contribution in [0, 0.1) is 5.92 Å². The van der Waals surface area contributed by atoms with Crippen molar-refractivity contribution >= 4 is 17.2 Å². The molecule has 140 valence electrons. The van der Waals surface area contributed by atoms with Gasteiger partial charge in [-0.3, -0.25) is 9.69 Å². The first kappa shape index (κ1) is 18.7. The fraction of sp³-hybridized carbons (Fsp3) is 0.706. The summed E-state index contributed by atoms with van der Waals surface area (Å²) in [6, 6.07) is 2.67. The molecule has 2 unspecified atom stereocenters. The molecule has 25 heavy (non-hydrogen) atoms. The molecule has 4 nitrogen and oxygen atoms in total. The maximum Gasteiger partial charge on any atom is 0.425 e. The summed E-state index contributed by atoms with van der Waals surface area (Å²) in [6.45, 7) is 3.81. The van der Waals surface area contributed by atoms with Crippen LogP contribution in [0.4, 0.5) is 13.2 Å². The summed E-state index contributed by atoms with van der Waals surface area (Å²) in [6.07, 6.45) is -0.267. The molecule has 2 atom stereocenters. The quantitative estimate of drug-likeness (QED) is 0.832. The van der Waals surface area contributed by atoms with Gasteiger partial charge >= 0.3 is 6.18 Å². The molecule has 0 saturated carbocycles. The van der Waals surface area contributed by atoms with Crippen molar-refractivity contribution in [3.8, 4) is 0 Å². The molecule has 2 aliphatic rings. The number of rotatable bonds is 5. The van der Waals surface area contributed by atoms with Gasteiger partial charge in [-0.05, 0) is 56.8 Å². The molecule has 0 aliphatic carbocycles. The van der Waals surface area contributed by atoms with Crippen LogP contribution in [0.3, 0.4) is 0 Å². The lowest BCUT2D eigenvalue weighted by Gasteiger charge is -2.32. The molecule has 2 aliphatic heterocycles. The van der Waals surface area contributed by atoms with Crippen molar-refractivity contribution in [1.29, 1.82) is 0 Å². The number of carbonyl (C=O) groups excluding carboxylic acids is 1. The van der Waals surface area contributed by atoms with Crippen LogP contribution < -0.4 is 10.6 Å². The van der Waals surface area contributed by atoms with Crippen LogP contribution in [-0.2, 0) is 17.5 Å². The molecular formula is C17H24F3N3OS. The van der Waals surface area contributed by atoms with E-state index in [2.05, 4.69) is 15.5 Å². The smallest absolute Gasteiger partial charge is 0.354 e. The van der Waals surface area contributed by atoms with Crippen LogP contribution in [0.15, 0.2) is 12.1 Å². The van der Waals surface area contributed by atoms with E-state index >= 15 is 0 Å². The standard InChI is InChI=1S/C17H24F3N3OS/c18-17(19,20)15-6-5-13(25-15)11-23-8-2-3-12(10-23)9-22-16(24)14-4-1-7-21-14/h5-6,12,14,21H,1-4,7-11H2,(H,22,24). The molecule has 0 aromatic carbocycles. The monoisotopic (exact) mass is 375 g/mol. The van der Waals surface area contributed by atoms with E-state index in [1.54, 1.807) is 6.07 Å². The molecule has 2 N–H and O–H groups in total. The van der Waals surface area contributed by atoms with Crippen molar-refractivity contribution in [3.05, 3.63) is 21.9 Å². The van der Waals surface area contributed by atoms with Crippen LogP contribution in [0.1, 0.15) is 35.4 Å². The number of hydrogen-bond acceptors (Lipinski definition) is 4. The van der Waals surface area contributed by atoms with Gasteiger partial charge in [0.05, 0.1) is 6.04 Å². The third-order valence-electron chi connectivity index (χ3n) is 4.87. The molecule has 0 radical (unpaired) electrons. The molecular weight excluding hydrogens is 351 g/mol. The molecule has 3 heterocycles. The number of thiophene rings is 1. The number of carbonyl (C=O) groups is 1. The summed E-state index contributed by atoms with van der Waals surface area (Å²) in [5, 5.41) is 6.22. The van der Waals surface area contributed by atoms with Crippen molar-refractivity contribution in [1.82, 2.24) is 15.5 Å². The van der Waals surface area contributed by atoms with Crippen LogP contribution >= 0.6 is 11.3 Å². The topological polar surface area (TPSA) is 44.4 Å². The highest BCUT2D eigenvalue weighted by Crippen LogP contribution is 2.35. The molecule has 8 heteroatoms. The largest absolute Gasteiger partial charge is 0.425 e. The number of hydrogen-bond donors (Lipinski definition) is 2. The molecule has 1 amide bonds. The number of nitrogens with one attached hydrogen (secondary N) is 2. The maximum atomic E-state index is 12.7. The Kier molecular flexibility index (Phi) is 6.01. The van der Waals surface area contributed by atoms with E-state index in [-0.39, 0.29) is 11.9 Å². The van der Waals surface area contributed by atoms with Gasteiger partial charge in [0, 0.05) is 24.5 Å². The Morgan fingerprint density at radius 3 is 2.84 bits per heavy atom. The van der Waals surface area contributed by atoms with Crippen molar-refractivity contribution in [2.45, 2.75) is 44.4 Å². The zero-order chi connectivity index (χ0) is 17.9. The maximum absolute atomic E-state index is 12.7. The van der Waals surface area contributed by atoms with Crippen LogP contribution in [0.2, 0.25) is 0 Å². The van der Waals surface area contributed by atoms with E-state index < -0.39 is 11.1 Å². The van der Waals surface area contributed by atoms with Gasteiger partial charge in [0.1, 0.15) is 4.88 Å². The van der Waals surface area contributed by atoms with E-state index in [9.17, 15) is 18.0 Å². The highest BCUT2D eigenvalue weighted by molar-refractivity contribution is 7.12. The lowest BCUT2D eigenvalue weighted by molar-refractivity contribution is -0.134. The Morgan fingerprint density at radius 1 is 1.32 bits per heavy atom. The third kappa shape index (κ3) is 5.18. The minimum Gasteiger partial charge on any atom is -0.354 e. The summed E-state index contributed by atoms with van der Waals surface area (Å²) in [5.41, 5.74) is 0. The second-order valence-corrected chi connectivity index (χ2v) is 8.07.